The number of hydrogen-bond acceptors (Lipinski definition) is 6. The van der Waals surface area contributed by atoms with E-state index in [9.17, 15) is 14.4 Å². The Bertz CT molecular complexity index is 986. The number of hydrogen-bond donors (Lipinski definition) is 0. The summed E-state index contributed by atoms with van der Waals surface area (Å²) in [6.45, 7) is 6.28. The van der Waals surface area contributed by atoms with Crippen molar-refractivity contribution in [2.45, 2.75) is 175 Å². The first kappa shape index (κ1) is 46.9. The highest BCUT2D eigenvalue weighted by Gasteiger charge is 2.19. The number of ether oxygens (including phenoxy) is 3. The maximum Gasteiger partial charge on any atom is 0.309 e. The molecule has 1 atom stereocenters. The van der Waals surface area contributed by atoms with E-state index in [1.54, 1.807) is 6.08 Å². The minimum absolute atomic E-state index is 0.110. The molecule has 0 aliphatic carbocycles. The van der Waals surface area contributed by atoms with E-state index in [4.69, 9.17) is 14.2 Å². The van der Waals surface area contributed by atoms with E-state index in [0.717, 1.165) is 83.5 Å². The fraction of sp³-hybridized carbons (Fsp3) is 0.659. The highest BCUT2D eigenvalue weighted by atomic mass is 16.6. The third kappa shape index (κ3) is 36.1. The first-order chi connectivity index (χ1) is 24.5. The van der Waals surface area contributed by atoms with Gasteiger partial charge in [0, 0.05) is 12.8 Å². The second kappa shape index (κ2) is 38.6. The Morgan fingerprint density at radius 2 is 0.880 bits per heavy atom. The molecular weight excluding hydrogens is 624 g/mol. The van der Waals surface area contributed by atoms with Gasteiger partial charge in [-0.05, 0) is 64.2 Å². The van der Waals surface area contributed by atoms with E-state index in [2.05, 4.69) is 81.5 Å². The zero-order chi connectivity index (χ0) is 36.6. The zero-order valence-electron chi connectivity index (χ0n) is 32.1. The second-order valence-electron chi connectivity index (χ2n) is 12.8. The molecule has 0 heterocycles. The molecule has 50 heavy (non-hydrogen) atoms. The number of carbonyl (C=O) groups is 3. The lowest BCUT2D eigenvalue weighted by atomic mass is 10.1. The minimum atomic E-state index is -0.812. The summed E-state index contributed by atoms with van der Waals surface area (Å²) in [4.78, 5) is 37.3. The van der Waals surface area contributed by atoms with Crippen LogP contribution in [0.1, 0.15) is 168 Å². The first-order valence-corrected chi connectivity index (χ1v) is 19.9. The van der Waals surface area contributed by atoms with Gasteiger partial charge in [-0.15, -0.1) is 0 Å². The van der Waals surface area contributed by atoms with E-state index in [1.807, 2.05) is 6.08 Å². The van der Waals surface area contributed by atoms with Crippen molar-refractivity contribution in [3.8, 4) is 0 Å². The van der Waals surface area contributed by atoms with Crippen LogP contribution < -0.4 is 0 Å². The molecule has 0 amide bonds. The van der Waals surface area contributed by atoms with Crippen molar-refractivity contribution in [3.63, 3.8) is 0 Å². The standard InChI is InChI=1S/C44H72O6/c1-4-7-10-13-16-18-20-21-22-23-25-26-28-31-34-37-43(46)49-40-41(39-48-42(45)36-33-30-15-12-9-6-3)50-44(47)38-35-32-29-27-24-19-17-14-11-8-5-2/h7,10,14,16-18,21-22,25-26,31,34,41H,4-6,8-9,11-13,15,19-20,23-24,27-30,32-33,35-40H2,1-3H3/b10-7-,17-14-,18-16-,22-21-,26-25-,34-31-. The molecule has 0 saturated heterocycles. The Kier molecular flexibility index (Phi) is 36.2. The smallest absolute Gasteiger partial charge is 0.309 e. The molecule has 0 bridgehead atoms. The van der Waals surface area contributed by atoms with Gasteiger partial charge >= 0.3 is 17.9 Å². The van der Waals surface area contributed by atoms with Crippen molar-refractivity contribution in [2.24, 2.45) is 0 Å². The number of unbranched alkanes of at least 4 members (excludes halogenated alkanes) is 12. The van der Waals surface area contributed by atoms with Gasteiger partial charge in [0.2, 0.25) is 0 Å². The Morgan fingerprint density at radius 3 is 1.44 bits per heavy atom. The molecule has 0 spiro atoms. The quantitative estimate of drug-likeness (QED) is 0.0288. The molecule has 284 valence electrons. The Labute approximate surface area is 306 Å². The van der Waals surface area contributed by atoms with Crippen molar-refractivity contribution in [1.29, 1.82) is 0 Å². The van der Waals surface area contributed by atoms with Gasteiger partial charge in [0.15, 0.2) is 6.10 Å². The third-order valence-corrected chi connectivity index (χ3v) is 7.98. The Morgan fingerprint density at radius 1 is 0.440 bits per heavy atom. The van der Waals surface area contributed by atoms with E-state index in [0.29, 0.717) is 12.8 Å². The topological polar surface area (TPSA) is 78.9 Å². The largest absolute Gasteiger partial charge is 0.462 e. The molecule has 6 nitrogen and oxygen atoms in total. The summed E-state index contributed by atoms with van der Waals surface area (Å²) in [6.07, 6.45) is 46.4. The molecule has 0 aliphatic heterocycles. The Balaban J connectivity index is 4.49. The lowest BCUT2D eigenvalue weighted by molar-refractivity contribution is -0.166. The summed E-state index contributed by atoms with van der Waals surface area (Å²) in [7, 11) is 0. The van der Waals surface area contributed by atoms with Crippen LogP contribution in [-0.2, 0) is 28.6 Å². The van der Waals surface area contributed by atoms with Crippen LogP contribution in [0.4, 0.5) is 0 Å². The lowest BCUT2D eigenvalue weighted by Crippen LogP contribution is -2.30. The van der Waals surface area contributed by atoms with Gasteiger partial charge in [0.25, 0.3) is 0 Å². The van der Waals surface area contributed by atoms with E-state index in [-0.39, 0.29) is 31.6 Å². The molecule has 0 N–H and O–H groups in total. The van der Waals surface area contributed by atoms with Gasteiger partial charge in [-0.1, -0.05) is 158 Å². The number of carbonyl (C=O) groups excluding carboxylic acids is 3. The van der Waals surface area contributed by atoms with Crippen molar-refractivity contribution < 1.29 is 28.6 Å². The van der Waals surface area contributed by atoms with Crippen LogP contribution in [0.3, 0.4) is 0 Å². The molecule has 1 unspecified atom stereocenters. The van der Waals surface area contributed by atoms with Gasteiger partial charge < -0.3 is 14.2 Å². The third-order valence-electron chi connectivity index (χ3n) is 7.98. The van der Waals surface area contributed by atoms with E-state index >= 15 is 0 Å². The van der Waals surface area contributed by atoms with Crippen LogP contribution in [-0.4, -0.2) is 37.2 Å². The molecule has 6 heteroatoms. The molecular formula is C44H72O6. The highest BCUT2D eigenvalue weighted by molar-refractivity contribution is 5.72. The molecule has 0 radical (unpaired) electrons. The summed E-state index contributed by atoms with van der Waals surface area (Å²) in [5.74, 6) is -1.08. The summed E-state index contributed by atoms with van der Waals surface area (Å²) in [5, 5.41) is 0. The fourth-order valence-electron chi connectivity index (χ4n) is 4.96. The molecule has 0 aromatic carbocycles. The fourth-order valence-corrected chi connectivity index (χ4v) is 4.96. The van der Waals surface area contributed by atoms with Gasteiger partial charge in [0.05, 0.1) is 6.42 Å². The molecule has 0 aromatic rings. The van der Waals surface area contributed by atoms with Gasteiger partial charge in [-0.25, -0.2) is 0 Å². The predicted molar refractivity (Wildman–Crippen MR) is 210 cm³/mol. The molecule has 0 rings (SSSR count). The SMILES string of the molecule is CC/C=C\C/C=C\C/C=C\C/C=C\C/C=C\CC(=O)OCC(COC(=O)CCCCCCCC)OC(=O)CCCCCCC/C=C\CCCC. The number of rotatable bonds is 34. The van der Waals surface area contributed by atoms with Gasteiger partial charge in [-0.2, -0.15) is 0 Å². The second-order valence-corrected chi connectivity index (χ2v) is 12.8. The van der Waals surface area contributed by atoms with Crippen LogP contribution in [0.5, 0.6) is 0 Å². The minimum Gasteiger partial charge on any atom is -0.462 e. The predicted octanol–water partition coefficient (Wildman–Crippen LogP) is 12.4. The summed E-state index contributed by atoms with van der Waals surface area (Å²) in [5.41, 5.74) is 0. The van der Waals surface area contributed by atoms with Crippen LogP contribution in [0.2, 0.25) is 0 Å². The number of allylic oxidation sites excluding steroid dienone is 11. The first-order valence-electron chi connectivity index (χ1n) is 19.9. The molecule has 0 fully saturated rings. The summed E-state index contributed by atoms with van der Waals surface area (Å²) < 4.78 is 16.4. The monoisotopic (exact) mass is 697 g/mol. The summed E-state index contributed by atoms with van der Waals surface area (Å²) >= 11 is 0. The highest BCUT2D eigenvalue weighted by Crippen LogP contribution is 2.11. The number of esters is 3. The van der Waals surface area contributed by atoms with Crippen LogP contribution in [0.15, 0.2) is 72.9 Å². The normalized spacial score (nSPS) is 12.8. The zero-order valence-corrected chi connectivity index (χ0v) is 32.1. The van der Waals surface area contributed by atoms with E-state index in [1.165, 1.54) is 44.9 Å². The average molecular weight is 697 g/mol. The van der Waals surface area contributed by atoms with Crippen molar-refractivity contribution >= 4 is 17.9 Å². The van der Waals surface area contributed by atoms with Crippen molar-refractivity contribution in [1.82, 2.24) is 0 Å². The van der Waals surface area contributed by atoms with Crippen molar-refractivity contribution in [2.75, 3.05) is 13.2 Å². The van der Waals surface area contributed by atoms with E-state index < -0.39 is 12.1 Å². The average Bonchev–Trinajstić information content (AvgIpc) is 3.11. The molecule has 0 aliphatic rings. The van der Waals surface area contributed by atoms with Gasteiger partial charge in [-0.3, -0.25) is 14.4 Å². The van der Waals surface area contributed by atoms with Crippen LogP contribution in [0, 0.1) is 0 Å². The van der Waals surface area contributed by atoms with Crippen LogP contribution in [0.25, 0.3) is 0 Å². The summed E-state index contributed by atoms with van der Waals surface area (Å²) in [6, 6.07) is 0. The molecule has 0 saturated carbocycles. The maximum atomic E-state index is 12.6. The molecule has 0 aromatic heterocycles. The lowest BCUT2D eigenvalue weighted by Gasteiger charge is -2.18. The maximum absolute atomic E-state index is 12.6. The van der Waals surface area contributed by atoms with Crippen molar-refractivity contribution in [3.05, 3.63) is 72.9 Å². The Hall–Kier alpha value is -3.15. The van der Waals surface area contributed by atoms with Crippen LogP contribution >= 0.6 is 0 Å². The van der Waals surface area contributed by atoms with Gasteiger partial charge in [0.1, 0.15) is 13.2 Å².